The van der Waals surface area contributed by atoms with E-state index < -0.39 is 0 Å². The van der Waals surface area contributed by atoms with E-state index in [1.807, 2.05) is 0 Å². The van der Waals surface area contributed by atoms with Crippen LogP contribution in [0.4, 0.5) is 5.69 Å². The number of anilines is 1. The van der Waals surface area contributed by atoms with E-state index in [-0.39, 0.29) is 0 Å². The van der Waals surface area contributed by atoms with Crippen LogP contribution in [0.15, 0.2) is 24.3 Å². The standard InChI is InChI=1S/C16H24N2/c1-3-17-15(13-8-9-13)11-18-12(2)10-14-6-4-5-7-16(14)18/h4-7,12-13,15,17H,3,8-11H2,1-2H3. The van der Waals surface area contributed by atoms with E-state index in [2.05, 4.69) is 48.3 Å². The number of para-hydroxylation sites is 1. The van der Waals surface area contributed by atoms with Gasteiger partial charge in [-0.05, 0) is 50.3 Å². The molecule has 2 nitrogen and oxygen atoms in total. The van der Waals surface area contributed by atoms with Crippen LogP contribution in [0, 0.1) is 5.92 Å². The molecule has 2 atom stereocenters. The van der Waals surface area contributed by atoms with E-state index in [0.717, 1.165) is 12.5 Å². The number of rotatable bonds is 5. The quantitative estimate of drug-likeness (QED) is 0.857. The largest absolute Gasteiger partial charge is 0.367 e. The second kappa shape index (κ2) is 4.93. The molecule has 1 aliphatic carbocycles. The number of hydrogen-bond acceptors (Lipinski definition) is 2. The number of hydrogen-bond donors (Lipinski definition) is 1. The van der Waals surface area contributed by atoms with E-state index in [9.17, 15) is 0 Å². The molecule has 1 saturated carbocycles. The van der Waals surface area contributed by atoms with Gasteiger partial charge in [0.05, 0.1) is 0 Å². The summed E-state index contributed by atoms with van der Waals surface area (Å²) < 4.78 is 0. The van der Waals surface area contributed by atoms with Gasteiger partial charge < -0.3 is 10.2 Å². The van der Waals surface area contributed by atoms with Crippen molar-refractivity contribution in [3.63, 3.8) is 0 Å². The highest BCUT2D eigenvalue weighted by atomic mass is 15.2. The molecule has 1 fully saturated rings. The highest BCUT2D eigenvalue weighted by Crippen LogP contribution is 2.36. The van der Waals surface area contributed by atoms with Gasteiger partial charge >= 0.3 is 0 Å². The fourth-order valence-electron chi connectivity index (χ4n) is 3.26. The normalized spacial score (nSPS) is 24.1. The van der Waals surface area contributed by atoms with E-state index in [1.165, 1.54) is 37.1 Å². The Kier molecular flexibility index (Phi) is 3.29. The molecule has 0 amide bonds. The fraction of sp³-hybridized carbons (Fsp3) is 0.625. The molecule has 1 aromatic rings. The average Bonchev–Trinajstić information content (AvgIpc) is 3.15. The van der Waals surface area contributed by atoms with Gasteiger partial charge in [0.25, 0.3) is 0 Å². The Balaban J connectivity index is 1.75. The van der Waals surface area contributed by atoms with Crippen LogP contribution >= 0.6 is 0 Å². The van der Waals surface area contributed by atoms with Crippen molar-refractivity contribution in [2.24, 2.45) is 5.92 Å². The maximum atomic E-state index is 3.68. The van der Waals surface area contributed by atoms with E-state index >= 15 is 0 Å². The Morgan fingerprint density at radius 1 is 1.33 bits per heavy atom. The van der Waals surface area contributed by atoms with Crippen molar-refractivity contribution in [2.75, 3.05) is 18.0 Å². The molecule has 2 unspecified atom stereocenters. The predicted molar refractivity (Wildman–Crippen MR) is 77.1 cm³/mol. The van der Waals surface area contributed by atoms with Crippen LogP contribution in [-0.4, -0.2) is 25.2 Å². The third kappa shape index (κ3) is 2.26. The first kappa shape index (κ1) is 12.0. The Morgan fingerprint density at radius 3 is 2.83 bits per heavy atom. The van der Waals surface area contributed by atoms with Crippen LogP contribution in [-0.2, 0) is 6.42 Å². The highest BCUT2D eigenvalue weighted by molar-refractivity contribution is 5.59. The SMILES string of the molecule is CCNC(CN1c2ccccc2CC1C)C1CC1. The molecule has 1 N–H and O–H groups in total. The van der Waals surface area contributed by atoms with Crippen LogP contribution in [0.2, 0.25) is 0 Å². The summed E-state index contributed by atoms with van der Waals surface area (Å²) in [5.74, 6) is 0.921. The summed E-state index contributed by atoms with van der Waals surface area (Å²) in [5.41, 5.74) is 2.99. The van der Waals surface area contributed by atoms with Gasteiger partial charge in [-0.15, -0.1) is 0 Å². The summed E-state index contributed by atoms with van der Waals surface area (Å²) in [7, 11) is 0. The second-order valence-corrected chi connectivity index (χ2v) is 5.84. The Labute approximate surface area is 110 Å². The number of fused-ring (bicyclic) bond motifs is 1. The summed E-state index contributed by atoms with van der Waals surface area (Å²) in [6.45, 7) is 6.84. The zero-order valence-corrected chi connectivity index (χ0v) is 11.5. The number of likely N-dealkylation sites (N-methyl/N-ethyl adjacent to an activating group) is 1. The number of nitrogens with one attached hydrogen (secondary N) is 1. The fourth-order valence-corrected chi connectivity index (χ4v) is 3.26. The summed E-state index contributed by atoms with van der Waals surface area (Å²) >= 11 is 0. The smallest absolute Gasteiger partial charge is 0.0402 e. The molecule has 1 heterocycles. The van der Waals surface area contributed by atoms with Crippen LogP contribution in [0.5, 0.6) is 0 Å². The van der Waals surface area contributed by atoms with Crippen LogP contribution in [0.25, 0.3) is 0 Å². The summed E-state index contributed by atoms with van der Waals surface area (Å²) in [5, 5.41) is 3.68. The third-order valence-electron chi connectivity index (χ3n) is 4.40. The first-order chi connectivity index (χ1) is 8.79. The van der Waals surface area contributed by atoms with Crippen molar-refractivity contribution in [2.45, 2.75) is 45.2 Å². The molecule has 1 aliphatic heterocycles. The number of benzene rings is 1. The van der Waals surface area contributed by atoms with Crippen LogP contribution < -0.4 is 10.2 Å². The third-order valence-corrected chi connectivity index (χ3v) is 4.40. The minimum atomic E-state index is 0.655. The summed E-state index contributed by atoms with van der Waals surface area (Å²) in [6, 6.07) is 10.2. The monoisotopic (exact) mass is 244 g/mol. The molecular weight excluding hydrogens is 220 g/mol. The van der Waals surface area contributed by atoms with Gasteiger partial charge in [-0.25, -0.2) is 0 Å². The lowest BCUT2D eigenvalue weighted by molar-refractivity contribution is 0.457. The van der Waals surface area contributed by atoms with Crippen molar-refractivity contribution in [3.05, 3.63) is 29.8 Å². The lowest BCUT2D eigenvalue weighted by atomic mass is 10.1. The molecule has 18 heavy (non-hydrogen) atoms. The molecule has 98 valence electrons. The second-order valence-electron chi connectivity index (χ2n) is 5.84. The first-order valence-corrected chi connectivity index (χ1v) is 7.37. The van der Waals surface area contributed by atoms with Crippen molar-refractivity contribution in [1.82, 2.24) is 5.32 Å². The van der Waals surface area contributed by atoms with Gasteiger partial charge in [0, 0.05) is 24.3 Å². The molecule has 1 aromatic carbocycles. The van der Waals surface area contributed by atoms with Gasteiger partial charge in [0.15, 0.2) is 0 Å². The average molecular weight is 244 g/mol. The van der Waals surface area contributed by atoms with Crippen molar-refractivity contribution >= 4 is 5.69 Å². The molecule has 0 saturated heterocycles. The van der Waals surface area contributed by atoms with Gasteiger partial charge in [0.2, 0.25) is 0 Å². The Bertz CT molecular complexity index is 411. The Morgan fingerprint density at radius 2 is 2.11 bits per heavy atom. The topological polar surface area (TPSA) is 15.3 Å². The maximum Gasteiger partial charge on any atom is 0.0402 e. The molecule has 0 radical (unpaired) electrons. The van der Waals surface area contributed by atoms with Gasteiger partial charge in [-0.1, -0.05) is 25.1 Å². The number of nitrogens with zero attached hydrogens (tertiary/aromatic N) is 1. The van der Waals surface area contributed by atoms with Gasteiger partial charge in [-0.3, -0.25) is 0 Å². The molecule has 2 aliphatic rings. The van der Waals surface area contributed by atoms with Crippen molar-refractivity contribution < 1.29 is 0 Å². The van der Waals surface area contributed by atoms with Gasteiger partial charge in [-0.2, -0.15) is 0 Å². The van der Waals surface area contributed by atoms with Gasteiger partial charge in [0.1, 0.15) is 0 Å². The van der Waals surface area contributed by atoms with E-state index in [0.29, 0.717) is 12.1 Å². The maximum absolute atomic E-state index is 3.68. The molecular formula is C16H24N2. The molecule has 2 heteroatoms. The lowest BCUT2D eigenvalue weighted by Gasteiger charge is -2.30. The highest BCUT2D eigenvalue weighted by Gasteiger charge is 2.34. The van der Waals surface area contributed by atoms with E-state index in [4.69, 9.17) is 0 Å². The van der Waals surface area contributed by atoms with Crippen molar-refractivity contribution in [1.29, 1.82) is 0 Å². The molecule has 0 bridgehead atoms. The van der Waals surface area contributed by atoms with Crippen LogP contribution in [0.1, 0.15) is 32.3 Å². The molecule has 0 spiro atoms. The Hall–Kier alpha value is -1.02. The van der Waals surface area contributed by atoms with E-state index in [1.54, 1.807) is 0 Å². The minimum absolute atomic E-state index is 0.655. The van der Waals surface area contributed by atoms with Crippen molar-refractivity contribution in [3.8, 4) is 0 Å². The first-order valence-electron chi connectivity index (χ1n) is 7.37. The zero-order chi connectivity index (χ0) is 12.5. The predicted octanol–water partition coefficient (Wildman–Crippen LogP) is 2.83. The molecule has 3 rings (SSSR count). The summed E-state index contributed by atoms with van der Waals surface area (Å²) in [4.78, 5) is 2.61. The van der Waals surface area contributed by atoms with Crippen LogP contribution in [0.3, 0.4) is 0 Å². The minimum Gasteiger partial charge on any atom is -0.367 e. The molecule has 0 aromatic heterocycles. The summed E-state index contributed by atoms with van der Waals surface area (Å²) in [6.07, 6.45) is 4.04. The zero-order valence-electron chi connectivity index (χ0n) is 11.5. The lowest BCUT2D eigenvalue weighted by Crippen LogP contribution is -2.44.